The van der Waals surface area contributed by atoms with Crippen LogP contribution in [-0.2, 0) is 19.6 Å². The fourth-order valence-electron chi connectivity index (χ4n) is 3.25. The maximum absolute atomic E-state index is 11.1. The number of carbonyl (C=O) groups is 1. The van der Waals surface area contributed by atoms with Crippen molar-refractivity contribution < 1.29 is 19.1 Å². The number of imidazole rings is 1. The Morgan fingerprint density at radius 2 is 1.91 bits per heavy atom. The van der Waals surface area contributed by atoms with Crippen molar-refractivity contribution in [3.63, 3.8) is 0 Å². The van der Waals surface area contributed by atoms with Crippen LogP contribution < -0.4 is 4.74 Å². The maximum Gasteiger partial charge on any atom is 0.372 e. The van der Waals surface area contributed by atoms with E-state index in [1.165, 1.54) is 6.20 Å². The molecule has 2 heterocycles. The van der Waals surface area contributed by atoms with Crippen LogP contribution in [0.4, 0.5) is 0 Å². The molecule has 0 spiro atoms. The first-order valence-electron chi connectivity index (χ1n) is 10.3. The monoisotopic (exact) mass is 429 g/mol. The molecule has 0 saturated carbocycles. The lowest BCUT2D eigenvalue weighted by atomic mass is 10.1. The van der Waals surface area contributed by atoms with Crippen LogP contribution in [-0.4, -0.2) is 25.6 Å². The minimum Gasteiger partial charge on any atom is -0.487 e. The fraction of sp³-hybridized carbons (Fsp3) is 0.160. The molecule has 7 nitrogen and oxygen atoms in total. The molecule has 0 aliphatic rings. The average Bonchev–Trinajstić information content (AvgIpc) is 3.47. The number of rotatable bonds is 10. The summed E-state index contributed by atoms with van der Waals surface area (Å²) in [5, 5.41) is 9.10. The van der Waals surface area contributed by atoms with Gasteiger partial charge in [-0.05, 0) is 42.2 Å². The van der Waals surface area contributed by atoms with Gasteiger partial charge in [0, 0.05) is 25.0 Å². The SMILES string of the molecule is O=C(O)c1nccn1CCCc1ccc(OCc2coc(/C=C/c3ccccc3)n2)cc1. The minimum atomic E-state index is -1.01. The van der Waals surface area contributed by atoms with Gasteiger partial charge >= 0.3 is 5.97 Å². The van der Waals surface area contributed by atoms with Crippen molar-refractivity contribution in [3.8, 4) is 5.75 Å². The number of hydrogen-bond acceptors (Lipinski definition) is 5. The van der Waals surface area contributed by atoms with Crippen LogP contribution in [0, 0.1) is 0 Å². The molecule has 0 bridgehead atoms. The number of oxazole rings is 1. The summed E-state index contributed by atoms with van der Waals surface area (Å²) >= 11 is 0. The zero-order valence-electron chi connectivity index (χ0n) is 17.4. The number of aryl methyl sites for hydroxylation is 2. The first-order valence-corrected chi connectivity index (χ1v) is 10.3. The molecule has 0 atom stereocenters. The number of hydrogen-bond donors (Lipinski definition) is 1. The van der Waals surface area contributed by atoms with Crippen LogP contribution in [0.3, 0.4) is 0 Å². The van der Waals surface area contributed by atoms with Crippen LogP contribution in [0.2, 0.25) is 0 Å². The van der Waals surface area contributed by atoms with E-state index < -0.39 is 5.97 Å². The van der Waals surface area contributed by atoms with Gasteiger partial charge in [0.05, 0.1) is 0 Å². The van der Waals surface area contributed by atoms with Crippen LogP contribution in [0.1, 0.15) is 39.8 Å². The molecule has 2 aromatic carbocycles. The molecule has 0 aliphatic carbocycles. The molecule has 0 fully saturated rings. The third kappa shape index (κ3) is 5.72. The molecule has 4 aromatic rings. The summed E-state index contributed by atoms with van der Waals surface area (Å²) in [7, 11) is 0. The number of nitrogens with zero attached hydrogens (tertiary/aromatic N) is 3. The van der Waals surface area contributed by atoms with E-state index in [1.54, 1.807) is 17.0 Å². The Morgan fingerprint density at radius 3 is 2.69 bits per heavy atom. The molecule has 0 aliphatic heterocycles. The van der Waals surface area contributed by atoms with E-state index in [4.69, 9.17) is 14.3 Å². The summed E-state index contributed by atoms with van der Waals surface area (Å²) < 4.78 is 12.9. The lowest BCUT2D eigenvalue weighted by Crippen LogP contribution is -2.09. The highest BCUT2D eigenvalue weighted by molar-refractivity contribution is 5.83. The average molecular weight is 429 g/mol. The molecule has 0 unspecified atom stereocenters. The fourth-order valence-corrected chi connectivity index (χ4v) is 3.25. The van der Waals surface area contributed by atoms with Crippen molar-refractivity contribution in [2.24, 2.45) is 0 Å². The van der Waals surface area contributed by atoms with Crippen molar-refractivity contribution in [1.82, 2.24) is 14.5 Å². The minimum absolute atomic E-state index is 0.0697. The van der Waals surface area contributed by atoms with E-state index in [-0.39, 0.29) is 5.82 Å². The van der Waals surface area contributed by atoms with Crippen molar-refractivity contribution in [3.05, 3.63) is 102 Å². The van der Waals surface area contributed by atoms with E-state index in [9.17, 15) is 4.79 Å². The highest BCUT2D eigenvalue weighted by Crippen LogP contribution is 2.16. The zero-order chi connectivity index (χ0) is 22.2. The number of benzene rings is 2. The highest BCUT2D eigenvalue weighted by Gasteiger charge is 2.10. The van der Waals surface area contributed by atoms with Crippen LogP contribution in [0.5, 0.6) is 5.75 Å². The Bertz CT molecular complexity index is 1180. The smallest absolute Gasteiger partial charge is 0.372 e. The second-order valence-electron chi connectivity index (χ2n) is 7.21. The van der Waals surface area contributed by atoms with Gasteiger partial charge in [0.1, 0.15) is 24.3 Å². The summed E-state index contributed by atoms with van der Waals surface area (Å²) in [5.41, 5.74) is 2.96. The first-order chi connectivity index (χ1) is 15.7. The van der Waals surface area contributed by atoms with E-state index in [0.29, 0.717) is 19.0 Å². The van der Waals surface area contributed by atoms with Gasteiger partial charge in [-0.1, -0.05) is 42.5 Å². The van der Waals surface area contributed by atoms with Gasteiger partial charge in [0.25, 0.3) is 0 Å². The Balaban J connectivity index is 1.23. The molecular weight excluding hydrogens is 406 g/mol. The van der Waals surface area contributed by atoms with Gasteiger partial charge in [0.2, 0.25) is 11.7 Å². The van der Waals surface area contributed by atoms with E-state index in [0.717, 1.165) is 35.4 Å². The van der Waals surface area contributed by atoms with Gasteiger partial charge < -0.3 is 18.8 Å². The summed E-state index contributed by atoms with van der Waals surface area (Å²) in [5.74, 6) is 0.343. The summed E-state index contributed by atoms with van der Waals surface area (Å²) in [4.78, 5) is 19.4. The number of aromatic carboxylic acids is 1. The van der Waals surface area contributed by atoms with Crippen molar-refractivity contribution >= 4 is 18.1 Å². The third-order valence-corrected chi connectivity index (χ3v) is 4.87. The molecule has 1 N–H and O–H groups in total. The molecular formula is C25H23N3O4. The summed E-state index contributed by atoms with van der Waals surface area (Å²) in [6, 6.07) is 17.8. The van der Waals surface area contributed by atoms with E-state index in [1.807, 2.05) is 66.7 Å². The third-order valence-electron chi connectivity index (χ3n) is 4.87. The van der Waals surface area contributed by atoms with Crippen molar-refractivity contribution in [2.45, 2.75) is 26.0 Å². The first kappa shape index (κ1) is 21.1. The van der Waals surface area contributed by atoms with Crippen LogP contribution >= 0.6 is 0 Å². The predicted octanol–water partition coefficient (Wildman–Crippen LogP) is 4.95. The Labute approximate surface area is 185 Å². The predicted molar refractivity (Wildman–Crippen MR) is 120 cm³/mol. The van der Waals surface area contributed by atoms with Crippen LogP contribution in [0.15, 0.2) is 77.7 Å². The number of ether oxygens (including phenoxy) is 1. The molecule has 32 heavy (non-hydrogen) atoms. The van der Waals surface area contributed by atoms with Crippen molar-refractivity contribution in [2.75, 3.05) is 0 Å². The summed E-state index contributed by atoms with van der Waals surface area (Å²) in [6.45, 7) is 0.924. The zero-order valence-corrected chi connectivity index (χ0v) is 17.4. The topological polar surface area (TPSA) is 90.4 Å². The van der Waals surface area contributed by atoms with E-state index >= 15 is 0 Å². The van der Waals surface area contributed by atoms with Gasteiger partial charge in [-0.15, -0.1) is 0 Å². The molecule has 0 radical (unpaired) electrons. The molecule has 7 heteroatoms. The maximum atomic E-state index is 11.1. The lowest BCUT2D eigenvalue weighted by Gasteiger charge is -2.07. The van der Waals surface area contributed by atoms with Crippen molar-refractivity contribution in [1.29, 1.82) is 0 Å². The van der Waals surface area contributed by atoms with Gasteiger partial charge in [-0.3, -0.25) is 0 Å². The quantitative estimate of drug-likeness (QED) is 0.384. The van der Waals surface area contributed by atoms with Gasteiger partial charge in [-0.2, -0.15) is 0 Å². The van der Waals surface area contributed by atoms with E-state index in [2.05, 4.69) is 9.97 Å². The van der Waals surface area contributed by atoms with Crippen LogP contribution in [0.25, 0.3) is 12.2 Å². The standard InChI is InChI=1S/C25H23N3O4/c29-25(30)24-26-14-16-28(24)15-4-7-20-8-11-22(12-9-20)31-17-21-18-32-23(27-21)13-10-19-5-2-1-3-6-19/h1-3,5-6,8-14,16,18H,4,7,15,17H2,(H,29,30)/b13-10+. The van der Waals surface area contributed by atoms with Gasteiger partial charge in [0.15, 0.2) is 0 Å². The molecule has 0 amide bonds. The number of aromatic nitrogens is 3. The Hall–Kier alpha value is -4.13. The second-order valence-corrected chi connectivity index (χ2v) is 7.21. The molecule has 4 rings (SSSR count). The summed E-state index contributed by atoms with van der Waals surface area (Å²) in [6.07, 6.45) is 10.2. The van der Waals surface area contributed by atoms with Gasteiger partial charge in [-0.25, -0.2) is 14.8 Å². The molecule has 2 aromatic heterocycles. The molecule has 0 saturated heterocycles. The largest absolute Gasteiger partial charge is 0.487 e. The Kier molecular flexibility index (Phi) is 6.77. The lowest BCUT2D eigenvalue weighted by molar-refractivity contribution is 0.0678. The normalized spacial score (nSPS) is 11.1. The number of carboxylic acids is 1. The second kappa shape index (κ2) is 10.3. The number of carboxylic acid groups (broad SMARTS) is 1. The molecule has 162 valence electrons. The highest BCUT2D eigenvalue weighted by atomic mass is 16.5. The Morgan fingerprint density at radius 1 is 1.09 bits per heavy atom.